The molecule has 37 heavy (non-hydrogen) atoms. The van der Waals surface area contributed by atoms with E-state index in [4.69, 9.17) is 4.98 Å². The molecule has 0 fully saturated rings. The quantitative estimate of drug-likeness (QED) is 0.342. The van der Waals surface area contributed by atoms with Crippen molar-refractivity contribution in [2.75, 3.05) is 37.9 Å². The number of anilines is 1. The second-order valence-corrected chi connectivity index (χ2v) is 9.40. The largest absolute Gasteiger partial charge is 0.395 e. The zero-order valence-electron chi connectivity index (χ0n) is 19.8. The lowest BCUT2D eigenvalue weighted by atomic mass is 10.1. The summed E-state index contributed by atoms with van der Waals surface area (Å²) in [6.45, 7) is 0.483. The van der Waals surface area contributed by atoms with Gasteiger partial charge in [-0.25, -0.2) is 4.98 Å². The number of rotatable bonds is 8. The molecule has 2 N–H and O–H groups in total. The van der Waals surface area contributed by atoms with Crippen LogP contribution < -0.4 is 10.5 Å². The van der Waals surface area contributed by atoms with Crippen LogP contribution in [-0.4, -0.2) is 69.4 Å². The number of aliphatic hydroxyl groups excluding tert-OH is 2. The Hall–Kier alpha value is -3.70. The Bertz CT molecular complexity index is 1550. The average molecular weight is 562 g/mol. The molecular weight excluding hydrogens is 538 g/mol. The Morgan fingerprint density at radius 1 is 0.919 bits per heavy atom. The molecule has 1 amide bonds. The molecule has 10 heteroatoms. The molecule has 0 saturated heterocycles. The summed E-state index contributed by atoms with van der Waals surface area (Å²) in [4.78, 5) is 35.4. The Morgan fingerprint density at radius 2 is 1.62 bits per heavy atom. The zero-order valence-corrected chi connectivity index (χ0v) is 21.4. The van der Waals surface area contributed by atoms with Gasteiger partial charge in [0.15, 0.2) is 11.5 Å². The molecule has 0 bridgehead atoms. The number of amides is 1. The van der Waals surface area contributed by atoms with Gasteiger partial charge in [-0.15, -0.1) is 0 Å². The summed E-state index contributed by atoms with van der Waals surface area (Å²) in [5.41, 5.74) is 2.11. The molecule has 9 nitrogen and oxygen atoms in total. The third-order valence-corrected chi connectivity index (χ3v) is 6.61. The lowest BCUT2D eigenvalue weighted by Gasteiger charge is -2.26. The molecule has 4 aromatic rings. The second-order valence-electron chi connectivity index (χ2n) is 8.49. The Kier molecular flexibility index (Phi) is 7.24. The monoisotopic (exact) mass is 561 g/mol. The van der Waals surface area contributed by atoms with Gasteiger partial charge < -0.3 is 10.2 Å². The summed E-state index contributed by atoms with van der Waals surface area (Å²) in [5, 5.41) is 23.9. The van der Waals surface area contributed by atoms with Gasteiger partial charge in [0.2, 0.25) is 0 Å². The van der Waals surface area contributed by atoms with Gasteiger partial charge in [-0.3, -0.25) is 19.4 Å². The van der Waals surface area contributed by atoms with E-state index in [2.05, 4.69) is 21.0 Å². The minimum atomic E-state index is -0.395. The molecule has 1 aliphatic rings. The molecule has 0 saturated carbocycles. The summed E-state index contributed by atoms with van der Waals surface area (Å²) < 4.78 is 1.95. The number of halogens is 1. The molecule has 5 rings (SSSR count). The van der Waals surface area contributed by atoms with Crippen LogP contribution in [0, 0.1) is 0 Å². The van der Waals surface area contributed by atoms with E-state index in [1.165, 1.54) is 9.58 Å². The van der Waals surface area contributed by atoms with Gasteiger partial charge >= 0.3 is 0 Å². The van der Waals surface area contributed by atoms with Crippen molar-refractivity contribution in [3.8, 4) is 11.4 Å². The highest BCUT2D eigenvalue weighted by molar-refractivity contribution is 9.10. The first-order valence-electron chi connectivity index (χ1n) is 11.7. The molecule has 188 valence electrons. The maximum Gasteiger partial charge on any atom is 0.282 e. The number of fused-ring (bicyclic) bond motifs is 2. The standard InChI is InChI=1S/C27H24BrN5O4/c28-19-10-11-23-21(16-19)24(27(37)32(23)17-31(12-14-34)13-15-35)30-33-25(18-6-2-1-3-7-18)29-22-9-5-4-8-20(22)26(33)36/h1-11,16,34-35H,12-15,17H2/b30-24+. The Morgan fingerprint density at radius 3 is 2.35 bits per heavy atom. The van der Waals surface area contributed by atoms with E-state index in [9.17, 15) is 19.8 Å². The van der Waals surface area contributed by atoms with Gasteiger partial charge in [0.25, 0.3) is 11.5 Å². The molecule has 2 heterocycles. The summed E-state index contributed by atoms with van der Waals surface area (Å²) in [6.07, 6.45) is 0. The number of benzene rings is 3. The third-order valence-electron chi connectivity index (χ3n) is 6.11. The number of carbonyl (C=O) groups is 1. The van der Waals surface area contributed by atoms with Crippen molar-refractivity contribution in [1.29, 1.82) is 0 Å². The summed E-state index contributed by atoms with van der Waals surface area (Å²) in [6, 6.07) is 21.7. The van der Waals surface area contributed by atoms with E-state index in [1.807, 2.05) is 42.5 Å². The second kappa shape index (κ2) is 10.7. The number of hydrogen-bond acceptors (Lipinski definition) is 7. The topological polar surface area (TPSA) is 111 Å². The van der Waals surface area contributed by atoms with Crippen molar-refractivity contribution in [2.24, 2.45) is 5.10 Å². The van der Waals surface area contributed by atoms with Crippen LogP contribution in [0.2, 0.25) is 0 Å². The molecule has 0 unspecified atom stereocenters. The lowest BCUT2D eigenvalue weighted by Crippen LogP contribution is -2.43. The minimum Gasteiger partial charge on any atom is -0.395 e. The minimum absolute atomic E-state index is 0.0978. The molecule has 0 aliphatic carbocycles. The fourth-order valence-electron chi connectivity index (χ4n) is 4.35. The molecule has 0 radical (unpaired) electrons. The predicted octanol–water partition coefficient (Wildman–Crippen LogP) is 2.67. The maximum atomic E-state index is 13.7. The van der Waals surface area contributed by atoms with Crippen LogP contribution in [0.4, 0.5) is 5.69 Å². The first-order chi connectivity index (χ1) is 18.0. The Labute approximate surface area is 221 Å². The molecule has 3 aromatic carbocycles. The van der Waals surface area contributed by atoms with E-state index < -0.39 is 5.91 Å². The van der Waals surface area contributed by atoms with Gasteiger partial charge in [0, 0.05) is 28.7 Å². The maximum absolute atomic E-state index is 13.7. The van der Waals surface area contributed by atoms with Crippen LogP contribution in [0.15, 0.2) is 87.2 Å². The summed E-state index contributed by atoms with van der Waals surface area (Å²) in [5.74, 6) is -0.0742. The fraction of sp³-hybridized carbons (Fsp3) is 0.185. The molecule has 1 aromatic heterocycles. The molecule has 0 atom stereocenters. The SMILES string of the molecule is O=C1/C(=N/n2c(-c3ccccc3)nc3ccccc3c2=O)c2cc(Br)ccc2N1CN(CCO)CCO. The van der Waals surface area contributed by atoms with Crippen LogP contribution >= 0.6 is 15.9 Å². The van der Waals surface area contributed by atoms with E-state index in [1.54, 1.807) is 35.2 Å². The van der Waals surface area contributed by atoms with Crippen LogP contribution in [0.3, 0.4) is 0 Å². The smallest absolute Gasteiger partial charge is 0.282 e. The van der Waals surface area contributed by atoms with Crippen molar-refractivity contribution in [3.63, 3.8) is 0 Å². The number of nitrogens with zero attached hydrogens (tertiary/aromatic N) is 5. The number of para-hydroxylation sites is 1. The highest BCUT2D eigenvalue weighted by atomic mass is 79.9. The van der Waals surface area contributed by atoms with Crippen LogP contribution in [0.1, 0.15) is 5.56 Å². The highest BCUT2D eigenvalue weighted by Gasteiger charge is 2.36. The number of carbonyl (C=O) groups excluding carboxylic acids is 1. The third kappa shape index (κ3) is 4.84. The number of aliphatic hydroxyl groups is 2. The average Bonchev–Trinajstić information content (AvgIpc) is 3.16. The number of hydrogen-bond donors (Lipinski definition) is 2. The van der Waals surface area contributed by atoms with E-state index in [0.717, 1.165) is 4.47 Å². The van der Waals surface area contributed by atoms with Gasteiger partial charge in [0.1, 0.15) is 0 Å². The van der Waals surface area contributed by atoms with Crippen LogP contribution in [-0.2, 0) is 4.79 Å². The van der Waals surface area contributed by atoms with E-state index in [-0.39, 0.29) is 44.2 Å². The van der Waals surface area contributed by atoms with Crippen LogP contribution in [0.5, 0.6) is 0 Å². The summed E-state index contributed by atoms with van der Waals surface area (Å²) in [7, 11) is 0. The Balaban J connectivity index is 1.70. The lowest BCUT2D eigenvalue weighted by molar-refractivity contribution is -0.112. The first-order valence-corrected chi connectivity index (χ1v) is 12.5. The first kappa shape index (κ1) is 25.0. The van der Waals surface area contributed by atoms with Gasteiger partial charge in [0.05, 0.1) is 36.5 Å². The highest BCUT2D eigenvalue weighted by Crippen LogP contribution is 2.32. The van der Waals surface area contributed by atoms with Crippen molar-refractivity contribution >= 4 is 44.1 Å². The normalized spacial score (nSPS) is 14.2. The van der Waals surface area contributed by atoms with E-state index in [0.29, 0.717) is 33.5 Å². The molecule has 1 aliphatic heterocycles. The molecular formula is C27H24BrN5O4. The van der Waals surface area contributed by atoms with Crippen LogP contribution in [0.25, 0.3) is 22.3 Å². The van der Waals surface area contributed by atoms with Gasteiger partial charge in [-0.05, 0) is 30.3 Å². The molecule has 0 spiro atoms. The number of aromatic nitrogens is 2. The zero-order chi connectivity index (χ0) is 25.9. The predicted molar refractivity (Wildman–Crippen MR) is 146 cm³/mol. The van der Waals surface area contributed by atoms with Crippen molar-refractivity contribution < 1.29 is 15.0 Å². The van der Waals surface area contributed by atoms with Crippen molar-refractivity contribution in [1.82, 2.24) is 14.6 Å². The van der Waals surface area contributed by atoms with Gasteiger partial charge in [-0.1, -0.05) is 58.4 Å². The van der Waals surface area contributed by atoms with E-state index >= 15 is 0 Å². The van der Waals surface area contributed by atoms with Gasteiger partial charge in [-0.2, -0.15) is 9.78 Å². The fourth-order valence-corrected chi connectivity index (χ4v) is 4.71. The van der Waals surface area contributed by atoms with Crippen molar-refractivity contribution in [2.45, 2.75) is 0 Å². The summed E-state index contributed by atoms with van der Waals surface area (Å²) >= 11 is 3.47. The van der Waals surface area contributed by atoms with Crippen molar-refractivity contribution in [3.05, 3.63) is 93.2 Å².